The zero-order valence-electron chi connectivity index (χ0n) is 23.7. The predicted octanol–water partition coefficient (Wildman–Crippen LogP) is 4.17. The zero-order valence-corrected chi connectivity index (χ0v) is 24.5. The van der Waals surface area contributed by atoms with Crippen LogP contribution in [0, 0.1) is 6.92 Å². The number of hydrogen-bond donors (Lipinski definition) is 3. The molecule has 2 amide bonds. The number of aliphatic hydroxyl groups is 1. The molecule has 2 heterocycles. The van der Waals surface area contributed by atoms with Crippen molar-refractivity contribution in [2.75, 3.05) is 13.6 Å². The summed E-state index contributed by atoms with van der Waals surface area (Å²) in [5, 5.41) is 20.3. The number of benzene rings is 2. The molecule has 0 aliphatic rings. The van der Waals surface area contributed by atoms with E-state index in [0.29, 0.717) is 30.6 Å². The number of pyridine rings is 1. The lowest BCUT2D eigenvalue weighted by atomic mass is 10.00. The van der Waals surface area contributed by atoms with Crippen LogP contribution in [0.1, 0.15) is 55.0 Å². The standard InChI is InChI=1S/C32H37N5O3S/c1-4-23-13-25(17-33-16-23)18-34-19-29(38)28(14-24-9-6-5-7-10-24)36-31(39)26-11-8-12-27(15-26)32(40)37(3)20-30-35-22(2)21-41-30/h5-13,15-17,21,28-29,34,38H,4,14,18-20H2,1-3H3,(H,36,39). The van der Waals surface area contributed by atoms with Crippen LogP contribution < -0.4 is 10.6 Å². The highest BCUT2D eigenvalue weighted by Crippen LogP contribution is 2.15. The molecule has 0 fully saturated rings. The number of carbonyl (C=O) groups excluding carboxylic acids is 2. The van der Waals surface area contributed by atoms with E-state index in [1.165, 1.54) is 11.3 Å². The molecule has 0 saturated carbocycles. The lowest BCUT2D eigenvalue weighted by Gasteiger charge is -2.25. The third-order valence-corrected chi connectivity index (χ3v) is 7.73. The van der Waals surface area contributed by atoms with Crippen molar-refractivity contribution in [1.82, 2.24) is 25.5 Å². The summed E-state index contributed by atoms with van der Waals surface area (Å²) in [7, 11) is 1.72. The molecule has 0 radical (unpaired) electrons. The molecule has 2 aromatic heterocycles. The van der Waals surface area contributed by atoms with Gasteiger partial charge < -0.3 is 20.6 Å². The smallest absolute Gasteiger partial charge is 0.253 e. The summed E-state index contributed by atoms with van der Waals surface area (Å²) < 4.78 is 0. The number of nitrogens with one attached hydrogen (secondary N) is 2. The maximum absolute atomic E-state index is 13.4. The van der Waals surface area contributed by atoms with Crippen molar-refractivity contribution in [3.05, 3.63) is 117 Å². The Morgan fingerprint density at radius 2 is 1.76 bits per heavy atom. The first-order valence-electron chi connectivity index (χ1n) is 13.7. The molecule has 9 heteroatoms. The number of hydrogen-bond acceptors (Lipinski definition) is 7. The van der Waals surface area contributed by atoms with Gasteiger partial charge in [-0.1, -0.05) is 49.4 Å². The summed E-state index contributed by atoms with van der Waals surface area (Å²) in [5.41, 5.74) is 4.89. The maximum Gasteiger partial charge on any atom is 0.253 e. The summed E-state index contributed by atoms with van der Waals surface area (Å²) in [6.45, 7) is 5.24. The van der Waals surface area contributed by atoms with Crippen LogP contribution in [0.3, 0.4) is 0 Å². The molecule has 0 spiro atoms. The molecule has 0 bridgehead atoms. The van der Waals surface area contributed by atoms with Gasteiger partial charge in [-0.15, -0.1) is 11.3 Å². The van der Waals surface area contributed by atoms with Crippen LogP contribution >= 0.6 is 11.3 Å². The summed E-state index contributed by atoms with van der Waals surface area (Å²) in [6.07, 6.45) is 4.18. The Labute approximate surface area is 245 Å². The van der Waals surface area contributed by atoms with Gasteiger partial charge in [0.15, 0.2) is 0 Å². The van der Waals surface area contributed by atoms with E-state index in [2.05, 4.69) is 33.6 Å². The van der Waals surface area contributed by atoms with E-state index in [0.717, 1.165) is 33.8 Å². The average Bonchev–Trinajstić information content (AvgIpc) is 3.41. The highest BCUT2D eigenvalue weighted by atomic mass is 32.1. The van der Waals surface area contributed by atoms with Crippen molar-refractivity contribution in [2.24, 2.45) is 0 Å². The van der Waals surface area contributed by atoms with E-state index in [-0.39, 0.29) is 18.4 Å². The largest absolute Gasteiger partial charge is 0.390 e. The van der Waals surface area contributed by atoms with Gasteiger partial charge in [0.2, 0.25) is 0 Å². The average molecular weight is 572 g/mol. The fourth-order valence-corrected chi connectivity index (χ4v) is 5.33. The molecule has 3 N–H and O–H groups in total. The minimum atomic E-state index is -0.848. The number of rotatable bonds is 13. The Morgan fingerprint density at radius 1 is 1.00 bits per heavy atom. The van der Waals surface area contributed by atoms with Gasteiger partial charge in [0.1, 0.15) is 5.01 Å². The Hall–Kier alpha value is -3.92. The molecule has 4 rings (SSSR count). The summed E-state index contributed by atoms with van der Waals surface area (Å²) in [4.78, 5) is 36.8. The number of aryl methyl sites for hydroxylation is 2. The fraction of sp³-hybridized carbons (Fsp3) is 0.312. The molecular formula is C32H37N5O3S. The van der Waals surface area contributed by atoms with Gasteiger partial charge >= 0.3 is 0 Å². The second-order valence-corrected chi connectivity index (χ2v) is 11.1. The molecule has 0 aliphatic carbocycles. The Kier molecular flexibility index (Phi) is 10.7. The third kappa shape index (κ3) is 8.78. The highest BCUT2D eigenvalue weighted by molar-refractivity contribution is 7.09. The quantitative estimate of drug-likeness (QED) is 0.222. The van der Waals surface area contributed by atoms with Gasteiger partial charge in [0, 0.05) is 54.7 Å². The second-order valence-electron chi connectivity index (χ2n) is 10.1. The van der Waals surface area contributed by atoms with E-state index >= 15 is 0 Å². The van der Waals surface area contributed by atoms with E-state index in [1.807, 2.05) is 55.0 Å². The van der Waals surface area contributed by atoms with Crippen molar-refractivity contribution >= 4 is 23.2 Å². The number of carbonyl (C=O) groups is 2. The van der Waals surface area contributed by atoms with Crippen LogP contribution in [0.5, 0.6) is 0 Å². The Morgan fingerprint density at radius 3 is 2.49 bits per heavy atom. The highest BCUT2D eigenvalue weighted by Gasteiger charge is 2.23. The van der Waals surface area contributed by atoms with Gasteiger partial charge in [0.25, 0.3) is 11.8 Å². The topological polar surface area (TPSA) is 107 Å². The summed E-state index contributed by atoms with van der Waals surface area (Å²) >= 11 is 1.51. The Bertz CT molecular complexity index is 1440. The fourth-order valence-electron chi connectivity index (χ4n) is 4.50. The van der Waals surface area contributed by atoms with Crippen molar-refractivity contribution in [2.45, 2.75) is 51.9 Å². The molecule has 41 heavy (non-hydrogen) atoms. The second kappa shape index (κ2) is 14.6. The van der Waals surface area contributed by atoms with E-state index in [1.54, 1.807) is 36.2 Å². The molecule has 2 aromatic carbocycles. The number of amides is 2. The van der Waals surface area contributed by atoms with E-state index in [4.69, 9.17) is 0 Å². The van der Waals surface area contributed by atoms with Crippen molar-refractivity contribution in [1.29, 1.82) is 0 Å². The minimum absolute atomic E-state index is 0.195. The van der Waals surface area contributed by atoms with E-state index < -0.39 is 12.1 Å². The monoisotopic (exact) mass is 571 g/mol. The lowest BCUT2D eigenvalue weighted by Crippen LogP contribution is -2.48. The van der Waals surface area contributed by atoms with Crippen LogP contribution in [0.4, 0.5) is 0 Å². The first-order valence-corrected chi connectivity index (χ1v) is 14.6. The number of aromatic nitrogens is 2. The molecule has 0 aliphatic heterocycles. The predicted molar refractivity (Wildman–Crippen MR) is 162 cm³/mol. The first-order chi connectivity index (χ1) is 19.8. The van der Waals surface area contributed by atoms with Crippen molar-refractivity contribution < 1.29 is 14.7 Å². The van der Waals surface area contributed by atoms with Gasteiger partial charge in [-0.2, -0.15) is 0 Å². The number of aliphatic hydroxyl groups excluding tert-OH is 1. The normalized spacial score (nSPS) is 12.5. The van der Waals surface area contributed by atoms with Gasteiger partial charge in [0.05, 0.1) is 18.7 Å². The minimum Gasteiger partial charge on any atom is -0.390 e. The van der Waals surface area contributed by atoms with Crippen LogP contribution in [0.2, 0.25) is 0 Å². The first kappa shape index (κ1) is 30.0. The molecule has 2 atom stereocenters. The van der Waals surface area contributed by atoms with Gasteiger partial charge in [-0.25, -0.2) is 4.98 Å². The van der Waals surface area contributed by atoms with Crippen molar-refractivity contribution in [3.63, 3.8) is 0 Å². The number of nitrogens with zero attached hydrogens (tertiary/aromatic N) is 3. The molecule has 8 nitrogen and oxygen atoms in total. The van der Waals surface area contributed by atoms with Gasteiger partial charge in [-0.05, 0) is 54.7 Å². The van der Waals surface area contributed by atoms with Crippen LogP contribution in [-0.2, 0) is 25.9 Å². The summed E-state index contributed by atoms with van der Waals surface area (Å²) in [5.74, 6) is -0.545. The molecular weight excluding hydrogens is 534 g/mol. The Balaban J connectivity index is 1.42. The van der Waals surface area contributed by atoms with E-state index in [9.17, 15) is 14.7 Å². The third-order valence-electron chi connectivity index (χ3n) is 6.78. The number of thiazole rings is 1. The lowest BCUT2D eigenvalue weighted by molar-refractivity contribution is 0.0784. The van der Waals surface area contributed by atoms with Crippen LogP contribution in [-0.4, -0.2) is 57.5 Å². The SMILES string of the molecule is CCc1cncc(CNCC(O)C(Cc2ccccc2)NC(=O)c2cccc(C(=O)N(C)Cc3nc(C)cs3)c2)c1. The maximum atomic E-state index is 13.4. The molecule has 2 unspecified atom stereocenters. The van der Waals surface area contributed by atoms with Gasteiger partial charge in [-0.3, -0.25) is 14.6 Å². The molecule has 4 aromatic rings. The van der Waals surface area contributed by atoms with Crippen LogP contribution in [0.15, 0.2) is 78.4 Å². The molecule has 214 valence electrons. The zero-order chi connectivity index (χ0) is 29.2. The van der Waals surface area contributed by atoms with Crippen LogP contribution in [0.25, 0.3) is 0 Å². The summed E-state index contributed by atoms with van der Waals surface area (Å²) in [6, 6.07) is 18.0. The molecule has 0 saturated heterocycles. The van der Waals surface area contributed by atoms with Crippen molar-refractivity contribution in [3.8, 4) is 0 Å².